The van der Waals surface area contributed by atoms with Crippen LogP contribution in [0.2, 0.25) is 0 Å². The van der Waals surface area contributed by atoms with Gasteiger partial charge in [0.15, 0.2) is 0 Å². The van der Waals surface area contributed by atoms with Gasteiger partial charge in [-0.05, 0) is 6.42 Å². The number of alkyl halides is 1. The normalized spacial score (nSPS) is 12.8. The van der Waals surface area contributed by atoms with E-state index in [1.54, 1.807) is 0 Å². The lowest BCUT2D eigenvalue weighted by molar-refractivity contribution is 0.128. The molecule has 110 valence electrons. The van der Waals surface area contributed by atoms with Crippen molar-refractivity contribution in [2.75, 3.05) is 6.67 Å². The summed E-state index contributed by atoms with van der Waals surface area (Å²) in [7, 11) is 0. The van der Waals surface area contributed by atoms with Crippen molar-refractivity contribution in [3.8, 4) is 0 Å². The summed E-state index contributed by atoms with van der Waals surface area (Å²) >= 11 is 0. The standard InChI is InChI=1S/C16H33FO/c1-2-3-4-5-6-7-8-9-10-11-12-13-14-16(18)15-17/h16,18H,2-15H2,1H3. The van der Waals surface area contributed by atoms with Crippen molar-refractivity contribution in [1.82, 2.24) is 0 Å². The fourth-order valence-corrected chi connectivity index (χ4v) is 2.30. The van der Waals surface area contributed by atoms with E-state index in [2.05, 4.69) is 6.92 Å². The highest BCUT2D eigenvalue weighted by Gasteiger charge is 2.01. The highest BCUT2D eigenvalue weighted by molar-refractivity contribution is 4.54. The molecule has 1 nitrogen and oxygen atoms in total. The maximum absolute atomic E-state index is 12.0. The van der Waals surface area contributed by atoms with Gasteiger partial charge in [-0.3, -0.25) is 0 Å². The molecule has 0 saturated heterocycles. The Balaban J connectivity index is 2.94. The second-order valence-electron chi connectivity index (χ2n) is 5.49. The summed E-state index contributed by atoms with van der Waals surface area (Å²) < 4.78 is 12.0. The monoisotopic (exact) mass is 260 g/mol. The summed E-state index contributed by atoms with van der Waals surface area (Å²) in [5.41, 5.74) is 0. The largest absolute Gasteiger partial charge is 0.390 e. The van der Waals surface area contributed by atoms with Crippen LogP contribution in [0.5, 0.6) is 0 Å². The summed E-state index contributed by atoms with van der Waals surface area (Å²) in [6, 6.07) is 0. The van der Waals surface area contributed by atoms with E-state index >= 15 is 0 Å². The van der Waals surface area contributed by atoms with Gasteiger partial charge in [0.05, 0.1) is 6.10 Å². The lowest BCUT2D eigenvalue weighted by atomic mass is 10.0. The zero-order valence-electron chi connectivity index (χ0n) is 12.3. The molecule has 0 aliphatic carbocycles. The highest BCUT2D eigenvalue weighted by atomic mass is 19.1. The van der Waals surface area contributed by atoms with Gasteiger partial charge in [0.2, 0.25) is 0 Å². The van der Waals surface area contributed by atoms with E-state index in [0.29, 0.717) is 6.42 Å². The molecule has 0 saturated carbocycles. The van der Waals surface area contributed by atoms with Crippen molar-refractivity contribution in [3.05, 3.63) is 0 Å². The van der Waals surface area contributed by atoms with Crippen LogP contribution in [0.3, 0.4) is 0 Å². The first-order valence-corrected chi connectivity index (χ1v) is 8.05. The molecule has 0 fully saturated rings. The summed E-state index contributed by atoms with van der Waals surface area (Å²) in [4.78, 5) is 0. The lowest BCUT2D eigenvalue weighted by Crippen LogP contribution is -2.07. The predicted octanol–water partition coefficient (Wildman–Crippen LogP) is 5.41. The molecule has 1 N–H and O–H groups in total. The molecule has 18 heavy (non-hydrogen) atoms. The Bertz CT molecular complexity index is 150. The van der Waals surface area contributed by atoms with Gasteiger partial charge in [-0.2, -0.15) is 0 Å². The van der Waals surface area contributed by atoms with Gasteiger partial charge in [0.25, 0.3) is 0 Å². The van der Waals surface area contributed by atoms with E-state index in [0.717, 1.165) is 12.8 Å². The van der Waals surface area contributed by atoms with Crippen molar-refractivity contribution in [2.24, 2.45) is 0 Å². The number of aliphatic hydroxyl groups is 1. The van der Waals surface area contributed by atoms with Crippen LogP contribution in [0, 0.1) is 0 Å². The van der Waals surface area contributed by atoms with Gasteiger partial charge >= 0.3 is 0 Å². The summed E-state index contributed by atoms with van der Waals surface area (Å²) in [6.45, 7) is 1.67. The van der Waals surface area contributed by atoms with Gasteiger partial charge < -0.3 is 5.11 Å². The third kappa shape index (κ3) is 14.0. The molecule has 0 aliphatic heterocycles. The van der Waals surface area contributed by atoms with Crippen LogP contribution in [-0.2, 0) is 0 Å². The Labute approximate surface area is 113 Å². The number of unbranched alkanes of at least 4 members (excludes halogenated alkanes) is 11. The molecule has 0 heterocycles. The molecule has 0 bridgehead atoms. The molecule has 0 aliphatic rings. The molecule has 1 atom stereocenters. The van der Waals surface area contributed by atoms with Gasteiger partial charge in [-0.25, -0.2) is 4.39 Å². The molecule has 0 aromatic heterocycles. The second kappa shape index (κ2) is 14.9. The third-order valence-corrected chi connectivity index (χ3v) is 3.57. The third-order valence-electron chi connectivity index (χ3n) is 3.57. The molecule has 0 amide bonds. The van der Waals surface area contributed by atoms with Crippen molar-refractivity contribution in [1.29, 1.82) is 0 Å². The molecule has 0 radical (unpaired) electrons. The van der Waals surface area contributed by atoms with Gasteiger partial charge in [0, 0.05) is 0 Å². The minimum atomic E-state index is -0.715. The maximum atomic E-state index is 12.0. The first kappa shape index (κ1) is 17.9. The molecule has 0 spiro atoms. The maximum Gasteiger partial charge on any atom is 0.115 e. The first-order valence-electron chi connectivity index (χ1n) is 8.05. The van der Waals surface area contributed by atoms with E-state index < -0.39 is 12.8 Å². The Morgan fingerprint density at radius 3 is 1.50 bits per heavy atom. The Hall–Kier alpha value is -0.110. The van der Waals surface area contributed by atoms with Crippen LogP contribution in [-0.4, -0.2) is 17.9 Å². The molecule has 0 rings (SSSR count). The minimum Gasteiger partial charge on any atom is -0.390 e. The summed E-state index contributed by atoms with van der Waals surface area (Å²) in [5, 5.41) is 9.04. The highest BCUT2D eigenvalue weighted by Crippen LogP contribution is 2.12. The molecule has 0 aromatic rings. The molecule has 2 heteroatoms. The van der Waals surface area contributed by atoms with E-state index in [1.807, 2.05) is 0 Å². The number of rotatable bonds is 14. The van der Waals surface area contributed by atoms with Crippen LogP contribution in [0.4, 0.5) is 4.39 Å². The second-order valence-corrected chi connectivity index (χ2v) is 5.49. The average molecular weight is 260 g/mol. The van der Waals surface area contributed by atoms with Crippen LogP contribution in [0.25, 0.3) is 0 Å². The first-order chi connectivity index (χ1) is 8.81. The van der Waals surface area contributed by atoms with Crippen molar-refractivity contribution in [2.45, 2.75) is 96.5 Å². The van der Waals surface area contributed by atoms with Crippen molar-refractivity contribution in [3.63, 3.8) is 0 Å². The zero-order chi connectivity index (χ0) is 13.5. The van der Waals surface area contributed by atoms with Crippen LogP contribution < -0.4 is 0 Å². The topological polar surface area (TPSA) is 20.2 Å². The Morgan fingerprint density at radius 2 is 1.11 bits per heavy atom. The fourth-order valence-electron chi connectivity index (χ4n) is 2.30. The summed E-state index contributed by atoms with van der Waals surface area (Å²) in [5.74, 6) is 0. The minimum absolute atomic E-state index is 0.585. The fraction of sp³-hybridized carbons (Fsp3) is 1.00. The van der Waals surface area contributed by atoms with Crippen LogP contribution in [0.1, 0.15) is 90.4 Å². The number of aliphatic hydroxyl groups excluding tert-OH is 1. The van der Waals surface area contributed by atoms with Gasteiger partial charge in [-0.1, -0.05) is 84.0 Å². The Kier molecular flexibility index (Phi) is 14.9. The number of halogens is 1. The van der Waals surface area contributed by atoms with Gasteiger partial charge in [0.1, 0.15) is 6.67 Å². The molecule has 1 unspecified atom stereocenters. The van der Waals surface area contributed by atoms with E-state index in [4.69, 9.17) is 5.11 Å². The van der Waals surface area contributed by atoms with Crippen molar-refractivity contribution >= 4 is 0 Å². The van der Waals surface area contributed by atoms with Crippen LogP contribution >= 0.6 is 0 Å². The number of hydrogen-bond acceptors (Lipinski definition) is 1. The van der Waals surface area contributed by atoms with Crippen molar-refractivity contribution < 1.29 is 9.50 Å². The quantitative estimate of drug-likeness (QED) is 0.414. The van der Waals surface area contributed by atoms with Gasteiger partial charge in [-0.15, -0.1) is 0 Å². The SMILES string of the molecule is CCCCCCCCCCCCCCC(O)CF. The average Bonchev–Trinajstić information content (AvgIpc) is 2.39. The zero-order valence-corrected chi connectivity index (χ0v) is 12.3. The van der Waals surface area contributed by atoms with E-state index in [1.165, 1.54) is 64.2 Å². The van der Waals surface area contributed by atoms with Crippen LogP contribution in [0.15, 0.2) is 0 Å². The Morgan fingerprint density at radius 1 is 0.722 bits per heavy atom. The summed E-state index contributed by atoms with van der Waals surface area (Å²) in [6.07, 6.45) is 15.7. The molecular weight excluding hydrogens is 227 g/mol. The van der Waals surface area contributed by atoms with E-state index in [-0.39, 0.29) is 0 Å². The predicted molar refractivity (Wildman–Crippen MR) is 77.7 cm³/mol. The smallest absolute Gasteiger partial charge is 0.115 e. The van der Waals surface area contributed by atoms with E-state index in [9.17, 15) is 4.39 Å². The number of hydrogen-bond donors (Lipinski definition) is 1. The lowest BCUT2D eigenvalue weighted by Gasteiger charge is -2.05. The molecular formula is C16H33FO. The molecule has 0 aromatic carbocycles.